The highest BCUT2D eigenvalue weighted by molar-refractivity contribution is 5.97. The first kappa shape index (κ1) is 13.9. The van der Waals surface area contributed by atoms with E-state index in [-0.39, 0.29) is 11.9 Å². The number of benzene rings is 1. The minimum absolute atomic E-state index is 0.149. The molecule has 2 aromatic rings. The van der Waals surface area contributed by atoms with Gasteiger partial charge in [0.05, 0.1) is 11.3 Å². The summed E-state index contributed by atoms with van der Waals surface area (Å²) in [5.74, 6) is 0.784. The second kappa shape index (κ2) is 6.14. The Labute approximate surface area is 124 Å². The highest BCUT2D eigenvalue weighted by atomic mass is 16.5. The van der Waals surface area contributed by atoms with Gasteiger partial charge in [0.2, 0.25) is 0 Å². The number of ether oxygens (including phenoxy) is 1. The predicted octanol–water partition coefficient (Wildman–Crippen LogP) is 3.12. The molecule has 1 atom stereocenters. The molecule has 1 heterocycles. The SMILES string of the molecule is CCOC(c1ccccc1)c1ncc2c(n1)CCCC2=O. The van der Waals surface area contributed by atoms with Crippen molar-refractivity contribution in [2.24, 2.45) is 0 Å². The summed E-state index contributed by atoms with van der Waals surface area (Å²) in [6.45, 7) is 2.54. The fraction of sp³-hybridized carbons (Fsp3) is 0.353. The third kappa shape index (κ3) is 2.85. The molecular formula is C17H18N2O2. The lowest BCUT2D eigenvalue weighted by molar-refractivity contribution is 0.0844. The van der Waals surface area contributed by atoms with Crippen LogP contribution in [0.1, 0.15) is 53.3 Å². The van der Waals surface area contributed by atoms with Gasteiger partial charge in [-0.05, 0) is 25.3 Å². The Hall–Kier alpha value is -2.07. The molecule has 0 bridgehead atoms. The summed E-state index contributed by atoms with van der Waals surface area (Å²) >= 11 is 0. The molecule has 1 aromatic carbocycles. The standard InChI is InChI=1S/C17H18N2O2/c1-2-21-16(12-7-4-3-5-8-12)17-18-11-13-14(19-17)9-6-10-15(13)20/h3-5,7-8,11,16H,2,6,9-10H2,1H3. The van der Waals surface area contributed by atoms with Crippen LogP contribution in [-0.4, -0.2) is 22.4 Å². The van der Waals surface area contributed by atoms with E-state index in [1.807, 2.05) is 37.3 Å². The fourth-order valence-electron chi connectivity index (χ4n) is 2.65. The molecule has 0 spiro atoms. The predicted molar refractivity (Wildman–Crippen MR) is 79.2 cm³/mol. The quantitative estimate of drug-likeness (QED) is 0.864. The van der Waals surface area contributed by atoms with Crippen molar-refractivity contribution in [3.05, 3.63) is 59.2 Å². The third-order valence-corrected chi connectivity index (χ3v) is 3.67. The summed E-state index contributed by atoms with van der Waals surface area (Å²) in [5.41, 5.74) is 2.56. The monoisotopic (exact) mass is 282 g/mol. The number of aromatic nitrogens is 2. The maximum Gasteiger partial charge on any atom is 0.166 e. The van der Waals surface area contributed by atoms with Gasteiger partial charge in [0.25, 0.3) is 0 Å². The number of hydrogen-bond donors (Lipinski definition) is 0. The average molecular weight is 282 g/mol. The molecule has 0 amide bonds. The summed E-state index contributed by atoms with van der Waals surface area (Å²) in [5, 5.41) is 0. The summed E-state index contributed by atoms with van der Waals surface area (Å²) in [7, 11) is 0. The van der Waals surface area contributed by atoms with Crippen molar-refractivity contribution in [2.45, 2.75) is 32.3 Å². The van der Waals surface area contributed by atoms with E-state index in [1.54, 1.807) is 6.20 Å². The summed E-state index contributed by atoms with van der Waals surface area (Å²) in [4.78, 5) is 20.8. The molecule has 0 N–H and O–H groups in total. The van der Waals surface area contributed by atoms with Gasteiger partial charge in [-0.15, -0.1) is 0 Å². The van der Waals surface area contributed by atoms with E-state index >= 15 is 0 Å². The van der Waals surface area contributed by atoms with Crippen LogP contribution < -0.4 is 0 Å². The molecule has 4 nitrogen and oxygen atoms in total. The molecule has 1 aliphatic rings. The van der Waals surface area contributed by atoms with Gasteiger partial charge in [-0.2, -0.15) is 0 Å². The molecule has 0 aliphatic heterocycles. The van der Waals surface area contributed by atoms with Crippen molar-refractivity contribution in [1.82, 2.24) is 9.97 Å². The molecule has 1 unspecified atom stereocenters. The van der Waals surface area contributed by atoms with Gasteiger partial charge in [-0.25, -0.2) is 9.97 Å². The molecule has 0 radical (unpaired) electrons. The van der Waals surface area contributed by atoms with Crippen LogP contribution in [0.25, 0.3) is 0 Å². The van der Waals surface area contributed by atoms with Gasteiger partial charge in [0, 0.05) is 19.2 Å². The smallest absolute Gasteiger partial charge is 0.166 e. The number of aryl methyl sites for hydroxylation is 1. The zero-order valence-corrected chi connectivity index (χ0v) is 12.1. The Kier molecular flexibility index (Phi) is 4.06. The molecule has 0 saturated heterocycles. The van der Waals surface area contributed by atoms with Crippen LogP contribution in [0.5, 0.6) is 0 Å². The van der Waals surface area contributed by atoms with Gasteiger partial charge >= 0.3 is 0 Å². The second-order valence-corrected chi connectivity index (χ2v) is 5.11. The Balaban J connectivity index is 1.99. The highest BCUT2D eigenvalue weighted by Gasteiger charge is 2.23. The van der Waals surface area contributed by atoms with E-state index < -0.39 is 0 Å². The van der Waals surface area contributed by atoms with E-state index in [2.05, 4.69) is 9.97 Å². The first-order valence-corrected chi connectivity index (χ1v) is 7.35. The zero-order valence-electron chi connectivity index (χ0n) is 12.1. The van der Waals surface area contributed by atoms with E-state index in [0.29, 0.717) is 24.4 Å². The minimum Gasteiger partial charge on any atom is -0.366 e. The molecule has 3 rings (SSSR count). The van der Waals surface area contributed by atoms with Crippen molar-refractivity contribution >= 4 is 5.78 Å². The number of Topliss-reactive ketones (excluding diaryl/α,β-unsaturated/α-hetero) is 1. The van der Waals surface area contributed by atoms with Crippen LogP contribution in [0, 0.1) is 0 Å². The molecule has 21 heavy (non-hydrogen) atoms. The number of ketones is 1. The van der Waals surface area contributed by atoms with Gasteiger partial charge < -0.3 is 4.74 Å². The summed E-state index contributed by atoms with van der Waals surface area (Å²) < 4.78 is 5.82. The Morgan fingerprint density at radius 2 is 2.05 bits per heavy atom. The minimum atomic E-state index is -0.279. The van der Waals surface area contributed by atoms with Gasteiger partial charge in [0.15, 0.2) is 11.6 Å². The maximum atomic E-state index is 11.9. The second-order valence-electron chi connectivity index (χ2n) is 5.11. The highest BCUT2D eigenvalue weighted by Crippen LogP contribution is 2.26. The molecule has 0 fully saturated rings. The van der Waals surface area contributed by atoms with Crippen molar-refractivity contribution < 1.29 is 9.53 Å². The van der Waals surface area contributed by atoms with Crippen molar-refractivity contribution in [2.75, 3.05) is 6.61 Å². The lowest BCUT2D eigenvalue weighted by Gasteiger charge is -2.19. The zero-order chi connectivity index (χ0) is 14.7. The number of nitrogens with zero attached hydrogens (tertiary/aromatic N) is 2. The molecular weight excluding hydrogens is 264 g/mol. The topological polar surface area (TPSA) is 52.1 Å². The van der Waals surface area contributed by atoms with Crippen LogP contribution in [0.2, 0.25) is 0 Å². The first-order valence-electron chi connectivity index (χ1n) is 7.35. The molecule has 108 valence electrons. The fourth-order valence-corrected chi connectivity index (χ4v) is 2.65. The lowest BCUT2D eigenvalue weighted by Crippen LogP contribution is -2.17. The molecule has 4 heteroatoms. The van der Waals surface area contributed by atoms with E-state index in [4.69, 9.17) is 4.74 Å². The lowest BCUT2D eigenvalue weighted by atomic mass is 9.96. The normalized spacial score (nSPS) is 15.6. The van der Waals surface area contributed by atoms with Gasteiger partial charge in [-0.3, -0.25) is 4.79 Å². The number of hydrogen-bond acceptors (Lipinski definition) is 4. The van der Waals surface area contributed by atoms with Gasteiger partial charge in [0.1, 0.15) is 6.10 Å². The molecule has 1 aliphatic carbocycles. The molecule has 1 aromatic heterocycles. The van der Waals surface area contributed by atoms with E-state index in [1.165, 1.54) is 0 Å². The van der Waals surface area contributed by atoms with Crippen LogP contribution in [0.3, 0.4) is 0 Å². The number of fused-ring (bicyclic) bond motifs is 1. The largest absolute Gasteiger partial charge is 0.366 e. The van der Waals surface area contributed by atoms with Crippen LogP contribution in [0.4, 0.5) is 0 Å². The van der Waals surface area contributed by atoms with Crippen molar-refractivity contribution in [3.8, 4) is 0 Å². The van der Waals surface area contributed by atoms with Crippen molar-refractivity contribution in [1.29, 1.82) is 0 Å². The maximum absolute atomic E-state index is 11.9. The van der Waals surface area contributed by atoms with E-state index in [0.717, 1.165) is 24.1 Å². The first-order chi connectivity index (χ1) is 10.3. The van der Waals surface area contributed by atoms with Gasteiger partial charge in [-0.1, -0.05) is 30.3 Å². The molecule has 0 saturated carbocycles. The number of rotatable bonds is 4. The van der Waals surface area contributed by atoms with Crippen LogP contribution >= 0.6 is 0 Å². The van der Waals surface area contributed by atoms with E-state index in [9.17, 15) is 4.79 Å². The third-order valence-electron chi connectivity index (χ3n) is 3.67. The summed E-state index contributed by atoms with van der Waals surface area (Å²) in [6.07, 6.45) is 3.69. The van der Waals surface area contributed by atoms with Crippen LogP contribution in [0.15, 0.2) is 36.5 Å². The average Bonchev–Trinajstić information content (AvgIpc) is 2.53. The Morgan fingerprint density at radius 3 is 2.81 bits per heavy atom. The Bertz CT molecular complexity index is 640. The number of carbonyl (C=O) groups is 1. The van der Waals surface area contributed by atoms with Crippen LogP contribution in [-0.2, 0) is 11.2 Å². The number of carbonyl (C=O) groups excluding carboxylic acids is 1. The Morgan fingerprint density at radius 1 is 1.24 bits per heavy atom. The summed E-state index contributed by atoms with van der Waals surface area (Å²) in [6, 6.07) is 9.94. The van der Waals surface area contributed by atoms with Crippen molar-refractivity contribution in [3.63, 3.8) is 0 Å².